The number of nitrogens with two attached hydrogens (primary N) is 2. The van der Waals surface area contributed by atoms with Crippen LogP contribution in [0.25, 0.3) is 5.70 Å². The first-order valence-corrected chi connectivity index (χ1v) is 10.5. The van der Waals surface area contributed by atoms with Crippen molar-refractivity contribution in [1.82, 2.24) is 10.3 Å². The molecule has 0 aromatic heterocycles. The monoisotopic (exact) mass is 404 g/mol. The molecule has 0 aliphatic heterocycles. The molecule has 1 aromatic rings. The van der Waals surface area contributed by atoms with Crippen LogP contribution in [0.2, 0.25) is 0 Å². The molecule has 0 heterocycles. The lowest BCUT2D eigenvalue weighted by Gasteiger charge is -2.23. The first-order valence-electron chi connectivity index (χ1n) is 10.5. The summed E-state index contributed by atoms with van der Waals surface area (Å²) >= 11 is 0. The number of benzene rings is 1. The number of likely N-dealkylation sites (N-methyl/N-ethyl adjacent to an activating group) is 1. The molecule has 29 heavy (non-hydrogen) atoms. The standard InChI is InChI=1S/C22H36N4O3/c1-16(2)13-14-25-22(27)28-15-20(26(3)24)21(23)17-9-11-19(12-10-17)29-18-7-5-4-6-8-18/h9-12,16,18H,4-8,13-15,23-24H2,1-3H3,(H,25,27)/b21-20-. The molecule has 1 aromatic carbocycles. The molecule has 0 saturated heterocycles. The minimum absolute atomic E-state index is 0.00727. The van der Waals surface area contributed by atoms with E-state index < -0.39 is 6.09 Å². The topological polar surface area (TPSA) is 103 Å². The van der Waals surface area contributed by atoms with Crippen LogP contribution in [0.4, 0.5) is 4.79 Å². The van der Waals surface area contributed by atoms with Gasteiger partial charge in [-0.05, 0) is 67.9 Å². The normalized spacial score (nSPS) is 15.6. The first kappa shape index (κ1) is 22.9. The quantitative estimate of drug-likeness (QED) is 0.429. The Hall–Kier alpha value is -2.41. The minimum atomic E-state index is -0.478. The van der Waals surface area contributed by atoms with Crippen LogP contribution in [0, 0.1) is 5.92 Å². The van der Waals surface area contributed by atoms with Gasteiger partial charge in [-0.1, -0.05) is 20.3 Å². The van der Waals surface area contributed by atoms with Gasteiger partial charge in [0.25, 0.3) is 0 Å². The van der Waals surface area contributed by atoms with E-state index in [0.717, 1.165) is 30.6 Å². The van der Waals surface area contributed by atoms with Gasteiger partial charge in [0.1, 0.15) is 12.4 Å². The van der Waals surface area contributed by atoms with Gasteiger partial charge in [-0.25, -0.2) is 10.6 Å². The summed E-state index contributed by atoms with van der Waals surface area (Å²) in [5, 5.41) is 4.11. The van der Waals surface area contributed by atoms with Crippen LogP contribution in [-0.4, -0.2) is 37.4 Å². The van der Waals surface area contributed by atoms with Crippen molar-refractivity contribution in [1.29, 1.82) is 0 Å². The lowest BCUT2D eigenvalue weighted by Crippen LogP contribution is -2.33. The molecular weight excluding hydrogens is 368 g/mol. The van der Waals surface area contributed by atoms with Crippen molar-refractivity contribution < 1.29 is 14.3 Å². The Morgan fingerprint density at radius 3 is 2.45 bits per heavy atom. The van der Waals surface area contributed by atoms with Crippen molar-refractivity contribution in [2.24, 2.45) is 17.5 Å². The summed E-state index contributed by atoms with van der Waals surface area (Å²) in [5.74, 6) is 7.27. The van der Waals surface area contributed by atoms with Crippen LogP contribution < -0.4 is 21.6 Å². The van der Waals surface area contributed by atoms with Crippen molar-refractivity contribution in [3.8, 4) is 5.75 Å². The number of nitrogens with zero attached hydrogens (tertiary/aromatic N) is 1. The molecule has 162 valence electrons. The van der Waals surface area contributed by atoms with Gasteiger partial charge in [0.15, 0.2) is 0 Å². The Morgan fingerprint density at radius 1 is 1.21 bits per heavy atom. The number of hydrogen-bond donors (Lipinski definition) is 3. The van der Waals surface area contributed by atoms with Crippen molar-refractivity contribution in [2.75, 3.05) is 20.2 Å². The predicted molar refractivity (Wildman–Crippen MR) is 116 cm³/mol. The van der Waals surface area contributed by atoms with Crippen LogP contribution in [0.5, 0.6) is 5.75 Å². The highest BCUT2D eigenvalue weighted by Gasteiger charge is 2.16. The second kappa shape index (κ2) is 11.6. The van der Waals surface area contributed by atoms with Crippen LogP contribution in [-0.2, 0) is 4.74 Å². The maximum absolute atomic E-state index is 11.9. The minimum Gasteiger partial charge on any atom is -0.490 e. The van der Waals surface area contributed by atoms with Crippen LogP contribution in [0.3, 0.4) is 0 Å². The van der Waals surface area contributed by atoms with Gasteiger partial charge < -0.3 is 25.5 Å². The third-order valence-electron chi connectivity index (χ3n) is 5.09. The lowest BCUT2D eigenvalue weighted by atomic mass is 9.98. The fourth-order valence-electron chi connectivity index (χ4n) is 3.27. The molecule has 1 amide bonds. The molecule has 0 radical (unpaired) electrons. The van der Waals surface area contributed by atoms with Gasteiger partial charge in [0.05, 0.1) is 17.5 Å². The molecule has 1 fully saturated rings. The smallest absolute Gasteiger partial charge is 0.407 e. The maximum Gasteiger partial charge on any atom is 0.407 e. The Balaban J connectivity index is 1.96. The van der Waals surface area contributed by atoms with Crippen molar-refractivity contribution in [3.05, 3.63) is 35.5 Å². The molecule has 5 N–H and O–H groups in total. The average Bonchev–Trinajstić information content (AvgIpc) is 2.69. The molecule has 0 spiro atoms. The summed E-state index contributed by atoms with van der Waals surface area (Å²) in [7, 11) is 1.67. The van der Waals surface area contributed by atoms with Gasteiger partial charge in [-0.15, -0.1) is 0 Å². The number of amides is 1. The molecule has 1 saturated carbocycles. The van der Waals surface area contributed by atoms with Crippen molar-refractivity contribution >= 4 is 11.8 Å². The van der Waals surface area contributed by atoms with Crippen LogP contribution in [0.15, 0.2) is 30.0 Å². The molecule has 0 bridgehead atoms. The number of carbonyl (C=O) groups is 1. The first-order chi connectivity index (χ1) is 13.9. The summed E-state index contributed by atoms with van der Waals surface area (Å²) in [5.41, 5.74) is 8.11. The van der Waals surface area contributed by atoms with E-state index in [1.165, 1.54) is 24.3 Å². The van der Waals surface area contributed by atoms with Crippen LogP contribution in [0.1, 0.15) is 57.9 Å². The van der Waals surface area contributed by atoms with E-state index in [9.17, 15) is 4.79 Å². The average molecular weight is 405 g/mol. The van der Waals surface area contributed by atoms with Gasteiger partial charge in [-0.2, -0.15) is 0 Å². The fourth-order valence-corrected chi connectivity index (χ4v) is 3.27. The highest BCUT2D eigenvalue weighted by molar-refractivity contribution is 5.69. The molecular formula is C22H36N4O3. The Kier molecular flexibility index (Phi) is 9.12. The third-order valence-corrected chi connectivity index (χ3v) is 5.09. The van der Waals surface area contributed by atoms with Crippen molar-refractivity contribution in [3.63, 3.8) is 0 Å². The van der Waals surface area contributed by atoms with E-state index in [4.69, 9.17) is 21.1 Å². The molecule has 1 aliphatic rings. The Bertz CT molecular complexity index is 665. The highest BCUT2D eigenvalue weighted by Crippen LogP contribution is 2.25. The summed E-state index contributed by atoms with van der Waals surface area (Å²) in [6.07, 6.45) is 6.71. The molecule has 0 atom stereocenters. The number of nitrogens with one attached hydrogen (secondary N) is 1. The number of hydrazine groups is 1. The second-order valence-electron chi connectivity index (χ2n) is 8.06. The number of ether oxygens (including phenoxy) is 2. The number of carbonyl (C=O) groups excluding carboxylic acids is 1. The molecule has 7 nitrogen and oxygen atoms in total. The highest BCUT2D eigenvalue weighted by atomic mass is 16.5. The van der Waals surface area contributed by atoms with E-state index in [-0.39, 0.29) is 6.61 Å². The zero-order valence-corrected chi connectivity index (χ0v) is 17.9. The summed E-state index contributed by atoms with van der Waals surface area (Å²) in [6.45, 7) is 4.77. The number of rotatable bonds is 9. The SMILES string of the molecule is CC(C)CCNC(=O)OC/C(=C(/N)c1ccc(OC2CCCCC2)cc1)N(C)N. The predicted octanol–water partition coefficient (Wildman–Crippen LogP) is 3.60. The van der Waals surface area contributed by atoms with E-state index in [1.807, 2.05) is 24.3 Å². The van der Waals surface area contributed by atoms with Crippen LogP contribution >= 0.6 is 0 Å². The lowest BCUT2D eigenvalue weighted by molar-refractivity contribution is 0.147. The largest absolute Gasteiger partial charge is 0.490 e. The van der Waals surface area contributed by atoms with Gasteiger partial charge in [-0.3, -0.25) is 0 Å². The number of alkyl carbamates (subject to hydrolysis) is 1. The van der Waals surface area contributed by atoms with Gasteiger partial charge >= 0.3 is 6.09 Å². The van der Waals surface area contributed by atoms with Crippen molar-refractivity contribution in [2.45, 2.75) is 58.5 Å². The summed E-state index contributed by atoms with van der Waals surface area (Å²) < 4.78 is 11.3. The summed E-state index contributed by atoms with van der Waals surface area (Å²) in [6, 6.07) is 7.65. The van der Waals surface area contributed by atoms with E-state index in [0.29, 0.717) is 30.0 Å². The molecule has 1 aliphatic carbocycles. The zero-order chi connectivity index (χ0) is 21.2. The Morgan fingerprint density at radius 2 is 1.86 bits per heavy atom. The molecule has 0 unspecified atom stereocenters. The molecule has 2 rings (SSSR count). The van der Waals surface area contributed by atoms with E-state index >= 15 is 0 Å². The fraction of sp³-hybridized carbons (Fsp3) is 0.591. The van der Waals surface area contributed by atoms with Gasteiger partial charge in [0.2, 0.25) is 0 Å². The molecule has 7 heteroatoms. The van der Waals surface area contributed by atoms with E-state index in [2.05, 4.69) is 19.2 Å². The summed E-state index contributed by atoms with van der Waals surface area (Å²) in [4.78, 5) is 11.9. The third kappa shape index (κ3) is 7.85. The number of hydrogen-bond acceptors (Lipinski definition) is 6. The van der Waals surface area contributed by atoms with Gasteiger partial charge in [0, 0.05) is 13.6 Å². The second-order valence-corrected chi connectivity index (χ2v) is 8.06. The zero-order valence-electron chi connectivity index (χ0n) is 17.9. The maximum atomic E-state index is 11.9. The Labute approximate surface area is 174 Å². The van der Waals surface area contributed by atoms with E-state index in [1.54, 1.807) is 7.05 Å².